The van der Waals surface area contributed by atoms with Gasteiger partial charge in [-0.3, -0.25) is 0 Å². The molecule has 35 heavy (non-hydrogen) atoms. The van der Waals surface area contributed by atoms with Gasteiger partial charge in [-0.2, -0.15) is 0 Å². The van der Waals surface area contributed by atoms with Gasteiger partial charge in [-0.15, -0.1) is 10.2 Å². The number of carbonyl (C=O) groups excluding carboxylic acids is 1. The van der Waals surface area contributed by atoms with E-state index >= 15 is 0 Å². The summed E-state index contributed by atoms with van der Waals surface area (Å²) >= 11 is 0. The van der Waals surface area contributed by atoms with Crippen LogP contribution in [0.5, 0.6) is 11.5 Å². The second-order valence-corrected chi connectivity index (χ2v) is 8.27. The van der Waals surface area contributed by atoms with Crippen molar-refractivity contribution in [2.24, 2.45) is 0 Å². The van der Waals surface area contributed by atoms with Gasteiger partial charge in [0, 0.05) is 37.8 Å². The lowest BCUT2D eigenvalue weighted by Crippen LogP contribution is -2.50. The largest absolute Gasteiger partial charge is 0.497 e. The Morgan fingerprint density at radius 2 is 1.66 bits per heavy atom. The molecular formula is C27H27N5O3. The average Bonchev–Trinajstić information content (AvgIpc) is 2.93. The van der Waals surface area contributed by atoms with Crippen molar-refractivity contribution in [2.45, 2.75) is 0 Å². The van der Waals surface area contributed by atoms with Gasteiger partial charge in [0.25, 0.3) is 0 Å². The van der Waals surface area contributed by atoms with Crippen LogP contribution in [0, 0.1) is 0 Å². The minimum Gasteiger partial charge on any atom is -0.497 e. The van der Waals surface area contributed by atoms with E-state index in [4.69, 9.17) is 9.47 Å². The van der Waals surface area contributed by atoms with Crippen LogP contribution >= 0.6 is 0 Å². The molecule has 0 aliphatic carbocycles. The van der Waals surface area contributed by atoms with E-state index in [0.717, 1.165) is 22.5 Å². The van der Waals surface area contributed by atoms with Gasteiger partial charge in [0.1, 0.15) is 11.5 Å². The second-order valence-electron chi connectivity index (χ2n) is 8.27. The Morgan fingerprint density at radius 1 is 0.857 bits per heavy atom. The van der Waals surface area contributed by atoms with Gasteiger partial charge in [-0.25, -0.2) is 4.79 Å². The SMILES string of the molecule is COc1ccc(NC(=O)N2CCN(c3ccc(-c4cccc5ccccc45)nn3)CC2)c(OC)c1. The summed E-state index contributed by atoms with van der Waals surface area (Å²) in [5.74, 6) is 2.03. The molecule has 5 rings (SSSR count). The zero-order chi connectivity index (χ0) is 24.2. The van der Waals surface area contributed by atoms with E-state index in [9.17, 15) is 4.79 Å². The standard InChI is InChI=1S/C27H27N5O3/c1-34-20-10-11-24(25(18-20)35-2)28-27(33)32-16-14-31(15-17-32)26-13-12-23(29-30-26)22-9-5-7-19-6-3-4-8-21(19)22/h3-13,18H,14-17H2,1-2H3,(H,28,33). The highest BCUT2D eigenvalue weighted by atomic mass is 16.5. The smallest absolute Gasteiger partial charge is 0.322 e. The zero-order valence-corrected chi connectivity index (χ0v) is 19.8. The molecule has 8 nitrogen and oxygen atoms in total. The Morgan fingerprint density at radius 3 is 2.40 bits per heavy atom. The average molecular weight is 470 g/mol. The molecule has 1 fully saturated rings. The van der Waals surface area contributed by atoms with Gasteiger partial charge in [-0.05, 0) is 35.0 Å². The first-order valence-electron chi connectivity index (χ1n) is 11.5. The predicted molar refractivity (Wildman–Crippen MR) is 137 cm³/mol. The minimum absolute atomic E-state index is 0.162. The van der Waals surface area contributed by atoms with Crippen LogP contribution in [0.4, 0.5) is 16.3 Å². The Bertz CT molecular complexity index is 1330. The number of ether oxygens (including phenoxy) is 2. The van der Waals surface area contributed by atoms with Crippen molar-refractivity contribution < 1.29 is 14.3 Å². The summed E-state index contributed by atoms with van der Waals surface area (Å²) in [4.78, 5) is 16.8. The number of anilines is 2. The van der Waals surface area contributed by atoms with E-state index in [1.807, 2.05) is 30.3 Å². The van der Waals surface area contributed by atoms with Crippen molar-refractivity contribution in [3.63, 3.8) is 0 Å². The molecule has 0 unspecified atom stereocenters. The maximum Gasteiger partial charge on any atom is 0.322 e. The summed E-state index contributed by atoms with van der Waals surface area (Å²) in [6, 6.07) is 23.6. The molecule has 2 heterocycles. The number of rotatable bonds is 5. The predicted octanol–water partition coefficient (Wildman–Crippen LogP) is 4.67. The van der Waals surface area contributed by atoms with E-state index in [1.165, 1.54) is 5.39 Å². The Balaban J connectivity index is 1.22. The highest BCUT2D eigenvalue weighted by molar-refractivity contribution is 5.95. The number of nitrogens with zero attached hydrogens (tertiary/aromatic N) is 4. The third-order valence-electron chi connectivity index (χ3n) is 6.26. The zero-order valence-electron chi connectivity index (χ0n) is 19.8. The van der Waals surface area contributed by atoms with Gasteiger partial charge in [-0.1, -0.05) is 42.5 Å². The molecule has 3 aromatic carbocycles. The van der Waals surface area contributed by atoms with E-state index in [0.29, 0.717) is 43.4 Å². The van der Waals surface area contributed by atoms with Crippen molar-refractivity contribution in [3.05, 3.63) is 72.8 Å². The molecular weight excluding hydrogens is 442 g/mol. The van der Waals surface area contributed by atoms with Crippen LogP contribution in [0.15, 0.2) is 72.8 Å². The van der Waals surface area contributed by atoms with E-state index in [1.54, 1.807) is 37.3 Å². The number of hydrogen-bond donors (Lipinski definition) is 1. The van der Waals surface area contributed by atoms with E-state index in [2.05, 4.69) is 44.7 Å². The monoisotopic (exact) mass is 469 g/mol. The summed E-state index contributed by atoms with van der Waals surface area (Å²) in [7, 11) is 3.16. The lowest BCUT2D eigenvalue weighted by molar-refractivity contribution is 0.208. The number of fused-ring (bicyclic) bond motifs is 1. The van der Waals surface area contributed by atoms with Crippen LogP contribution in [0.2, 0.25) is 0 Å². The lowest BCUT2D eigenvalue weighted by atomic mass is 10.0. The fourth-order valence-corrected chi connectivity index (χ4v) is 4.32. The van der Waals surface area contributed by atoms with Gasteiger partial charge in [0.15, 0.2) is 5.82 Å². The summed E-state index contributed by atoms with van der Waals surface area (Å²) in [6.07, 6.45) is 0. The fourth-order valence-electron chi connectivity index (χ4n) is 4.32. The van der Waals surface area contributed by atoms with E-state index < -0.39 is 0 Å². The molecule has 8 heteroatoms. The number of nitrogens with one attached hydrogen (secondary N) is 1. The maximum absolute atomic E-state index is 12.8. The van der Waals surface area contributed by atoms with Crippen molar-refractivity contribution in [2.75, 3.05) is 50.6 Å². The van der Waals surface area contributed by atoms with Gasteiger partial charge in [0.05, 0.1) is 25.6 Å². The normalized spacial score (nSPS) is 13.5. The first-order valence-corrected chi connectivity index (χ1v) is 11.5. The Hall–Kier alpha value is -4.33. The highest BCUT2D eigenvalue weighted by Gasteiger charge is 2.23. The van der Waals surface area contributed by atoms with Gasteiger partial charge < -0.3 is 24.6 Å². The van der Waals surface area contributed by atoms with Gasteiger partial charge >= 0.3 is 6.03 Å². The number of hydrogen-bond acceptors (Lipinski definition) is 6. The van der Waals surface area contributed by atoms with Crippen LogP contribution in [-0.4, -0.2) is 61.5 Å². The first-order chi connectivity index (χ1) is 17.2. The topological polar surface area (TPSA) is 79.8 Å². The van der Waals surface area contributed by atoms with Crippen molar-refractivity contribution >= 4 is 28.3 Å². The lowest BCUT2D eigenvalue weighted by Gasteiger charge is -2.35. The number of amides is 2. The first kappa shape index (κ1) is 22.5. The fraction of sp³-hybridized carbons (Fsp3) is 0.222. The third-order valence-corrected chi connectivity index (χ3v) is 6.26. The van der Waals surface area contributed by atoms with Crippen molar-refractivity contribution in [3.8, 4) is 22.8 Å². The second kappa shape index (κ2) is 9.89. The van der Waals surface area contributed by atoms with Crippen LogP contribution in [0.25, 0.3) is 22.0 Å². The molecule has 0 spiro atoms. The van der Waals surface area contributed by atoms with E-state index in [-0.39, 0.29) is 6.03 Å². The van der Waals surface area contributed by atoms with Crippen molar-refractivity contribution in [1.82, 2.24) is 15.1 Å². The van der Waals surface area contributed by atoms with Gasteiger partial charge in [0.2, 0.25) is 0 Å². The molecule has 0 bridgehead atoms. The van der Waals surface area contributed by atoms with Crippen LogP contribution in [-0.2, 0) is 0 Å². The molecule has 4 aromatic rings. The molecule has 1 aliphatic heterocycles. The number of piperazine rings is 1. The number of benzene rings is 3. The molecule has 2 amide bonds. The van der Waals surface area contributed by atoms with Crippen LogP contribution in [0.1, 0.15) is 0 Å². The number of aromatic nitrogens is 2. The highest BCUT2D eigenvalue weighted by Crippen LogP contribution is 2.30. The quantitative estimate of drug-likeness (QED) is 0.458. The molecule has 0 saturated carbocycles. The van der Waals surface area contributed by atoms with Crippen LogP contribution < -0.4 is 19.7 Å². The molecule has 1 aromatic heterocycles. The third kappa shape index (κ3) is 4.68. The molecule has 0 radical (unpaired) electrons. The number of methoxy groups -OCH3 is 2. The molecule has 0 atom stereocenters. The number of urea groups is 1. The molecule has 1 saturated heterocycles. The maximum atomic E-state index is 12.8. The Kier molecular flexibility index (Phi) is 6.34. The molecule has 1 N–H and O–H groups in total. The van der Waals surface area contributed by atoms with Crippen LogP contribution in [0.3, 0.4) is 0 Å². The van der Waals surface area contributed by atoms with Crippen molar-refractivity contribution in [1.29, 1.82) is 0 Å². The number of carbonyl (C=O) groups is 1. The summed E-state index contributed by atoms with van der Waals surface area (Å²) < 4.78 is 10.6. The summed E-state index contributed by atoms with van der Waals surface area (Å²) in [5.41, 5.74) is 2.52. The molecule has 178 valence electrons. The Labute approximate surface area is 204 Å². The summed E-state index contributed by atoms with van der Waals surface area (Å²) in [5, 5.41) is 14.3. The molecule has 1 aliphatic rings. The summed E-state index contributed by atoms with van der Waals surface area (Å²) in [6.45, 7) is 2.51. The minimum atomic E-state index is -0.162.